The van der Waals surface area contributed by atoms with Gasteiger partial charge in [0.05, 0.1) is 5.75 Å². The molecule has 258 valence electrons. The van der Waals surface area contributed by atoms with Gasteiger partial charge >= 0.3 is 5.97 Å². The minimum absolute atomic E-state index is 0.0209. The summed E-state index contributed by atoms with van der Waals surface area (Å²) in [6.07, 6.45) is 4.00. The molecule has 16 heteroatoms. The highest BCUT2D eigenvalue weighted by Crippen LogP contribution is 2.37. The van der Waals surface area contributed by atoms with Crippen LogP contribution in [0.2, 0.25) is 0 Å². The third-order valence-corrected chi connectivity index (χ3v) is 11.1. The number of carbonyl (C=O) groups excluding carboxylic acids is 3. The van der Waals surface area contributed by atoms with Crippen molar-refractivity contribution in [1.82, 2.24) is 25.4 Å². The van der Waals surface area contributed by atoms with Crippen LogP contribution in [-0.4, -0.2) is 74.1 Å². The Morgan fingerprint density at radius 1 is 1.06 bits per heavy atom. The van der Waals surface area contributed by atoms with E-state index >= 15 is 0 Å². The lowest BCUT2D eigenvalue weighted by atomic mass is 9.92. The summed E-state index contributed by atoms with van der Waals surface area (Å²) in [6, 6.07) is 17.0. The van der Waals surface area contributed by atoms with E-state index in [2.05, 4.69) is 25.7 Å². The van der Waals surface area contributed by atoms with Gasteiger partial charge in [0.15, 0.2) is 27.0 Å². The SMILES string of the molecule is Nc1nc(/C(=N/OC2CCCCC2)C(=O)NC2C(=O)N3C(C(=O)OC(c4ccccc4)c4ccccc4)=C(CSc4nncs4)OCC23)cs1. The van der Waals surface area contributed by atoms with Crippen LogP contribution in [0.25, 0.3) is 0 Å². The molecule has 2 aromatic heterocycles. The average molecular weight is 732 g/mol. The Kier molecular flexibility index (Phi) is 10.4. The van der Waals surface area contributed by atoms with Crippen molar-refractivity contribution in [3.63, 3.8) is 0 Å². The zero-order chi connectivity index (χ0) is 34.5. The molecule has 3 N–H and O–H groups in total. The third-order valence-electron chi connectivity index (χ3n) is 8.55. The number of hydrogen-bond acceptors (Lipinski definition) is 14. The summed E-state index contributed by atoms with van der Waals surface area (Å²) in [6.45, 7) is 0.0367. The van der Waals surface area contributed by atoms with Gasteiger partial charge in [-0.3, -0.25) is 14.5 Å². The number of hydrogen-bond donors (Lipinski definition) is 2. The Morgan fingerprint density at radius 2 is 1.78 bits per heavy atom. The van der Waals surface area contributed by atoms with Gasteiger partial charge in [-0.05, 0) is 36.8 Å². The van der Waals surface area contributed by atoms with Crippen molar-refractivity contribution in [3.8, 4) is 0 Å². The van der Waals surface area contributed by atoms with Crippen LogP contribution >= 0.6 is 34.4 Å². The van der Waals surface area contributed by atoms with E-state index in [1.54, 1.807) is 10.9 Å². The Hall–Kier alpha value is -4.80. The lowest BCUT2D eigenvalue weighted by molar-refractivity contribution is -0.163. The molecule has 13 nitrogen and oxygen atoms in total. The van der Waals surface area contributed by atoms with Gasteiger partial charge in [-0.2, -0.15) is 0 Å². The number of β-lactam (4-membered cyclic amide) rings is 1. The predicted octanol–water partition coefficient (Wildman–Crippen LogP) is 4.69. The number of anilines is 1. The molecule has 2 aliphatic heterocycles. The standard InChI is InChI=1S/C34H33N7O6S3/c35-33-37-23(17-48-33)26(40-47-22-14-8-3-9-15-22)30(42)38-27-24-16-45-25(18-49-34-39-36-19-50-34)28(41(24)31(27)43)32(44)46-29(20-10-4-1-5-11-20)21-12-6-2-7-13-21/h1-2,4-7,10-13,17,19,22,24,27,29H,3,8-9,14-16,18H2,(H2,35,37)(H,38,42)/b40-26-. The topological polar surface area (TPSA) is 171 Å². The second-order valence-electron chi connectivity index (χ2n) is 11.8. The Morgan fingerprint density at radius 3 is 2.42 bits per heavy atom. The number of esters is 1. The van der Waals surface area contributed by atoms with E-state index in [-0.39, 0.29) is 46.5 Å². The molecule has 7 rings (SSSR count). The zero-order valence-electron chi connectivity index (χ0n) is 26.7. The van der Waals surface area contributed by atoms with E-state index < -0.39 is 36.0 Å². The molecule has 1 aliphatic carbocycles. The van der Waals surface area contributed by atoms with Crippen LogP contribution in [0.3, 0.4) is 0 Å². The van der Waals surface area contributed by atoms with E-state index in [9.17, 15) is 14.4 Å². The van der Waals surface area contributed by atoms with Crippen LogP contribution in [0.4, 0.5) is 5.13 Å². The van der Waals surface area contributed by atoms with Gasteiger partial charge in [0.1, 0.15) is 41.8 Å². The minimum Gasteiger partial charge on any atom is -0.492 e. The molecule has 4 heterocycles. The lowest BCUT2D eigenvalue weighted by Crippen LogP contribution is -2.73. The summed E-state index contributed by atoms with van der Waals surface area (Å²) < 4.78 is 13.0. The molecule has 0 spiro atoms. The van der Waals surface area contributed by atoms with Crippen LogP contribution in [0.5, 0.6) is 0 Å². The number of carbonyl (C=O) groups is 3. The van der Waals surface area contributed by atoms with Crippen molar-refractivity contribution in [1.29, 1.82) is 0 Å². The first-order valence-electron chi connectivity index (χ1n) is 16.1. The van der Waals surface area contributed by atoms with Crippen molar-refractivity contribution in [2.45, 2.75) is 60.7 Å². The fourth-order valence-corrected chi connectivity index (χ4v) is 8.05. The van der Waals surface area contributed by atoms with Crippen molar-refractivity contribution in [2.24, 2.45) is 5.16 Å². The molecule has 2 unspecified atom stereocenters. The van der Waals surface area contributed by atoms with Crippen molar-refractivity contribution in [3.05, 3.63) is 99.8 Å². The first kappa shape index (κ1) is 33.7. The number of nitrogens with one attached hydrogen (secondary N) is 1. The highest BCUT2D eigenvalue weighted by atomic mass is 32.2. The summed E-state index contributed by atoms with van der Waals surface area (Å²) in [5.41, 5.74) is 9.15. The largest absolute Gasteiger partial charge is 0.492 e. The number of oxime groups is 1. The Bertz CT molecular complexity index is 1840. The fourth-order valence-electron chi connectivity index (χ4n) is 6.07. The van der Waals surface area contributed by atoms with Crippen LogP contribution in [0.15, 0.2) is 92.5 Å². The number of fused-ring (bicyclic) bond motifs is 1. The number of thiazole rings is 1. The maximum absolute atomic E-state index is 14.2. The molecule has 1 saturated carbocycles. The maximum atomic E-state index is 14.2. The lowest BCUT2D eigenvalue weighted by Gasteiger charge is -2.49. The summed E-state index contributed by atoms with van der Waals surface area (Å²) in [7, 11) is 0. The fraction of sp³-hybridized carbons (Fsp3) is 0.324. The molecular formula is C34H33N7O6S3. The molecule has 3 aliphatic rings. The maximum Gasteiger partial charge on any atom is 0.359 e. The van der Waals surface area contributed by atoms with E-state index in [0.717, 1.165) is 43.2 Å². The third kappa shape index (κ3) is 7.37. The first-order valence-corrected chi connectivity index (χ1v) is 18.9. The Labute approximate surface area is 299 Å². The van der Waals surface area contributed by atoms with Gasteiger partial charge < -0.3 is 25.4 Å². The number of amides is 2. The highest BCUT2D eigenvalue weighted by molar-refractivity contribution is 8.01. The number of benzene rings is 2. The zero-order valence-corrected chi connectivity index (χ0v) is 29.1. The number of aromatic nitrogens is 3. The smallest absolute Gasteiger partial charge is 0.359 e. The van der Waals surface area contributed by atoms with E-state index in [1.807, 2.05) is 60.7 Å². The number of rotatable bonds is 12. The van der Waals surface area contributed by atoms with Crippen LogP contribution in [0.1, 0.15) is 55.0 Å². The second kappa shape index (κ2) is 15.4. The van der Waals surface area contributed by atoms with Gasteiger partial charge in [0.2, 0.25) is 0 Å². The predicted molar refractivity (Wildman–Crippen MR) is 188 cm³/mol. The molecule has 0 radical (unpaired) electrons. The average Bonchev–Trinajstić information content (AvgIpc) is 3.84. The molecule has 1 saturated heterocycles. The summed E-state index contributed by atoms with van der Waals surface area (Å²) >= 11 is 3.84. The number of thioether (sulfide) groups is 1. The minimum atomic E-state index is -1.00. The van der Waals surface area contributed by atoms with Crippen molar-refractivity contribution in [2.75, 3.05) is 18.1 Å². The van der Waals surface area contributed by atoms with Crippen molar-refractivity contribution < 1.29 is 28.7 Å². The second-order valence-corrected chi connectivity index (χ2v) is 14.7. The first-order chi connectivity index (χ1) is 24.5. The molecule has 2 amide bonds. The highest BCUT2D eigenvalue weighted by Gasteiger charge is 2.55. The van der Waals surface area contributed by atoms with Crippen LogP contribution in [-0.2, 0) is 28.7 Å². The molecule has 2 fully saturated rings. The summed E-state index contributed by atoms with van der Waals surface area (Å²) in [4.78, 5) is 53.2. The van der Waals surface area contributed by atoms with Crippen molar-refractivity contribution >= 4 is 63.1 Å². The normalized spacial score (nSPS) is 19.4. The van der Waals surface area contributed by atoms with Gasteiger partial charge in [0.25, 0.3) is 11.8 Å². The molecule has 0 bridgehead atoms. The number of nitrogen functional groups attached to an aromatic ring is 1. The summed E-state index contributed by atoms with van der Waals surface area (Å²) in [5, 5.41) is 16.8. The number of nitrogens with zero attached hydrogens (tertiary/aromatic N) is 5. The van der Waals surface area contributed by atoms with Gasteiger partial charge in [0, 0.05) is 5.38 Å². The monoisotopic (exact) mass is 731 g/mol. The molecule has 4 aromatic rings. The van der Waals surface area contributed by atoms with Crippen LogP contribution < -0.4 is 11.1 Å². The molecular weight excluding hydrogens is 699 g/mol. The number of nitrogens with two attached hydrogens (primary N) is 1. The van der Waals surface area contributed by atoms with Crippen LogP contribution in [0, 0.1) is 0 Å². The van der Waals surface area contributed by atoms with Gasteiger partial charge in [-0.15, -0.1) is 21.5 Å². The quantitative estimate of drug-likeness (QED) is 0.0681. The Balaban J connectivity index is 1.14. The molecule has 50 heavy (non-hydrogen) atoms. The van der Waals surface area contributed by atoms with Gasteiger partial charge in [-0.1, -0.05) is 95.3 Å². The van der Waals surface area contributed by atoms with E-state index in [0.29, 0.717) is 4.34 Å². The molecule has 2 aromatic carbocycles. The summed E-state index contributed by atoms with van der Waals surface area (Å²) in [5.74, 6) is -1.40. The van der Waals surface area contributed by atoms with E-state index in [4.69, 9.17) is 20.0 Å². The molecule has 2 atom stereocenters. The van der Waals surface area contributed by atoms with Gasteiger partial charge in [-0.25, -0.2) is 9.78 Å². The number of ether oxygens (including phenoxy) is 2. The van der Waals surface area contributed by atoms with E-state index in [1.165, 1.54) is 39.3 Å².